The van der Waals surface area contributed by atoms with E-state index in [0.29, 0.717) is 18.6 Å². The van der Waals surface area contributed by atoms with Gasteiger partial charge in [-0.1, -0.05) is 19.9 Å². The molecule has 21 heavy (non-hydrogen) atoms. The highest BCUT2D eigenvalue weighted by Gasteiger charge is 2.50. The van der Waals surface area contributed by atoms with E-state index in [4.69, 9.17) is 15.2 Å². The van der Waals surface area contributed by atoms with Crippen molar-refractivity contribution >= 4 is 17.0 Å². The van der Waals surface area contributed by atoms with Crippen molar-refractivity contribution in [3.05, 3.63) is 18.2 Å². The molecule has 1 heterocycles. The van der Waals surface area contributed by atoms with Gasteiger partial charge in [-0.3, -0.25) is 0 Å². The second kappa shape index (κ2) is 4.91. The Morgan fingerprint density at radius 2 is 2.19 bits per heavy atom. The van der Waals surface area contributed by atoms with E-state index in [9.17, 15) is 0 Å². The SMILES string of the molecule is CCOc1cccc2c1nc(N)n2C1CC(OC)C1(C)C. The van der Waals surface area contributed by atoms with Crippen molar-refractivity contribution in [3.63, 3.8) is 0 Å². The topological polar surface area (TPSA) is 62.3 Å². The lowest BCUT2D eigenvalue weighted by Gasteiger charge is -2.51. The summed E-state index contributed by atoms with van der Waals surface area (Å²) < 4.78 is 13.3. The van der Waals surface area contributed by atoms with Gasteiger partial charge in [0.2, 0.25) is 5.95 Å². The predicted octanol–water partition coefficient (Wildman–Crippen LogP) is 3.00. The van der Waals surface area contributed by atoms with Crippen LogP contribution < -0.4 is 10.5 Å². The number of nitrogens with zero attached hydrogens (tertiary/aromatic N) is 2. The van der Waals surface area contributed by atoms with E-state index in [1.165, 1.54) is 0 Å². The molecule has 1 fully saturated rings. The number of rotatable bonds is 4. The minimum absolute atomic E-state index is 0.0398. The van der Waals surface area contributed by atoms with Crippen LogP contribution in [0.1, 0.15) is 33.2 Å². The number of aromatic nitrogens is 2. The fourth-order valence-electron chi connectivity index (χ4n) is 3.41. The van der Waals surface area contributed by atoms with Gasteiger partial charge in [0, 0.05) is 18.6 Å². The van der Waals surface area contributed by atoms with Crippen LogP contribution >= 0.6 is 0 Å². The predicted molar refractivity (Wildman–Crippen MR) is 83.5 cm³/mol. The van der Waals surface area contributed by atoms with Crippen molar-refractivity contribution in [1.29, 1.82) is 0 Å². The van der Waals surface area contributed by atoms with Crippen LogP contribution in [0.3, 0.4) is 0 Å². The number of hydrogen-bond acceptors (Lipinski definition) is 4. The largest absolute Gasteiger partial charge is 0.492 e. The molecule has 0 radical (unpaired) electrons. The summed E-state index contributed by atoms with van der Waals surface area (Å²) in [6.07, 6.45) is 1.22. The van der Waals surface area contributed by atoms with Gasteiger partial charge >= 0.3 is 0 Å². The zero-order valence-corrected chi connectivity index (χ0v) is 13.1. The van der Waals surface area contributed by atoms with Crippen LogP contribution in [0.2, 0.25) is 0 Å². The number of nitrogens with two attached hydrogens (primary N) is 1. The quantitative estimate of drug-likeness (QED) is 0.940. The first-order valence-electron chi connectivity index (χ1n) is 7.42. The highest BCUT2D eigenvalue weighted by atomic mass is 16.5. The standard InChI is InChI=1S/C16H23N3O2/c1-5-21-11-8-6-7-10-14(11)18-15(17)19(10)12-9-13(20-4)16(12,2)3/h6-8,12-13H,5,9H2,1-4H3,(H2,17,18). The van der Waals surface area contributed by atoms with Crippen molar-refractivity contribution < 1.29 is 9.47 Å². The summed E-state index contributed by atoms with van der Waals surface area (Å²) in [6.45, 7) is 7.02. The first-order chi connectivity index (χ1) is 10.0. The molecule has 0 saturated heterocycles. The van der Waals surface area contributed by atoms with Gasteiger partial charge in [-0.2, -0.15) is 0 Å². The first-order valence-corrected chi connectivity index (χ1v) is 7.42. The van der Waals surface area contributed by atoms with E-state index in [0.717, 1.165) is 23.2 Å². The van der Waals surface area contributed by atoms with E-state index < -0.39 is 0 Å². The molecule has 2 aromatic rings. The molecule has 2 N–H and O–H groups in total. The summed E-state index contributed by atoms with van der Waals surface area (Å²) in [5, 5.41) is 0. The molecule has 5 nitrogen and oxygen atoms in total. The maximum Gasteiger partial charge on any atom is 0.201 e. The number of anilines is 1. The number of fused-ring (bicyclic) bond motifs is 1. The summed E-state index contributed by atoms with van der Waals surface area (Å²) in [7, 11) is 1.77. The summed E-state index contributed by atoms with van der Waals surface area (Å²) in [4.78, 5) is 4.53. The number of ether oxygens (including phenoxy) is 2. The fraction of sp³-hybridized carbons (Fsp3) is 0.562. The zero-order chi connectivity index (χ0) is 15.2. The van der Waals surface area contributed by atoms with Gasteiger partial charge in [0.05, 0.1) is 18.2 Å². The van der Waals surface area contributed by atoms with Crippen molar-refractivity contribution in [2.45, 2.75) is 39.3 Å². The van der Waals surface area contributed by atoms with Crippen LogP contribution in [0.25, 0.3) is 11.0 Å². The van der Waals surface area contributed by atoms with Crippen LogP contribution in [0.4, 0.5) is 5.95 Å². The Morgan fingerprint density at radius 1 is 1.43 bits per heavy atom. The lowest BCUT2D eigenvalue weighted by molar-refractivity contribution is -0.110. The van der Waals surface area contributed by atoms with Crippen LogP contribution in [-0.2, 0) is 4.74 Å². The molecule has 2 atom stereocenters. The summed E-state index contributed by atoms with van der Waals surface area (Å²) in [5.41, 5.74) is 8.11. The summed E-state index contributed by atoms with van der Waals surface area (Å²) in [6, 6.07) is 6.28. The number of hydrogen-bond donors (Lipinski definition) is 1. The number of para-hydroxylation sites is 1. The minimum atomic E-state index is 0.0398. The summed E-state index contributed by atoms with van der Waals surface area (Å²) in [5.74, 6) is 1.34. The Hall–Kier alpha value is -1.75. The monoisotopic (exact) mass is 289 g/mol. The average molecular weight is 289 g/mol. The molecule has 2 unspecified atom stereocenters. The number of imidazole rings is 1. The Balaban J connectivity index is 2.08. The highest BCUT2D eigenvalue weighted by Crippen LogP contribution is 2.52. The van der Waals surface area contributed by atoms with E-state index in [-0.39, 0.29) is 11.5 Å². The fourth-order valence-corrected chi connectivity index (χ4v) is 3.41. The van der Waals surface area contributed by atoms with Crippen LogP contribution in [-0.4, -0.2) is 29.4 Å². The molecule has 1 aromatic heterocycles. The third-order valence-electron chi connectivity index (χ3n) is 4.73. The van der Waals surface area contributed by atoms with E-state index in [1.807, 2.05) is 19.1 Å². The second-order valence-electron chi connectivity index (χ2n) is 6.19. The maximum absolute atomic E-state index is 6.19. The Morgan fingerprint density at radius 3 is 2.81 bits per heavy atom. The van der Waals surface area contributed by atoms with Gasteiger partial charge in [-0.25, -0.2) is 4.98 Å². The Labute approximate surface area is 125 Å². The van der Waals surface area contributed by atoms with Crippen LogP contribution in [0, 0.1) is 5.41 Å². The van der Waals surface area contributed by atoms with Crippen molar-refractivity contribution in [2.24, 2.45) is 5.41 Å². The van der Waals surface area contributed by atoms with Crippen LogP contribution in [0.15, 0.2) is 18.2 Å². The zero-order valence-electron chi connectivity index (χ0n) is 13.1. The Bertz CT molecular complexity index is 663. The van der Waals surface area contributed by atoms with Crippen molar-refractivity contribution in [2.75, 3.05) is 19.5 Å². The number of nitrogen functional groups attached to an aromatic ring is 1. The smallest absolute Gasteiger partial charge is 0.201 e. The molecule has 1 saturated carbocycles. The lowest BCUT2D eigenvalue weighted by atomic mass is 9.64. The molecule has 1 aliphatic rings. The van der Waals surface area contributed by atoms with Gasteiger partial charge < -0.3 is 19.8 Å². The molecule has 1 aliphatic carbocycles. The normalized spacial score (nSPS) is 24.0. The molecule has 0 bridgehead atoms. The lowest BCUT2D eigenvalue weighted by Crippen LogP contribution is -2.51. The Kier molecular flexibility index (Phi) is 3.32. The number of benzene rings is 1. The molecule has 5 heteroatoms. The molecular weight excluding hydrogens is 266 g/mol. The van der Waals surface area contributed by atoms with E-state index >= 15 is 0 Å². The van der Waals surface area contributed by atoms with E-state index in [1.54, 1.807) is 7.11 Å². The van der Waals surface area contributed by atoms with Gasteiger partial charge in [0.1, 0.15) is 11.3 Å². The van der Waals surface area contributed by atoms with Crippen molar-refractivity contribution in [3.8, 4) is 5.75 Å². The third-order valence-corrected chi connectivity index (χ3v) is 4.73. The molecular formula is C16H23N3O2. The second-order valence-corrected chi connectivity index (χ2v) is 6.19. The van der Waals surface area contributed by atoms with Gasteiger partial charge in [0.15, 0.2) is 0 Å². The molecule has 0 aliphatic heterocycles. The highest BCUT2D eigenvalue weighted by molar-refractivity contribution is 5.84. The average Bonchev–Trinajstić information content (AvgIpc) is 2.76. The van der Waals surface area contributed by atoms with Gasteiger partial charge in [0.25, 0.3) is 0 Å². The van der Waals surface area contributed by atoms with Crippen molar-refractivity contribution in [1.82, 2.24) is 9.55 Å². The van der Waals surface area contributed by atoms with Gasteiger partial charge in [-0.15, -0.1) is 0 Å². The maximum atomic E-state index is 6.19. The van der Waals surface area contributed by atoms with Gasteiger partial charge in [-0.05, 0) is 25.5 Å². The molecule has 0 spiro atoms. The third kappa shape index (κ3) is 1.99. The molecule has 3 rings (SSSR count). The molecule has 1 aromatic carbocycles. The number of methoxy groups -OCH3 is 1. The first kappa shape index (κ1) is 14.2. The molecule has 0 amide bonds. The summed E-state index contributed by atoms with van der Waals surface area (Å²) >= 11 is 0. The van der Waals surface area contributed by atoms with E-state index in [2.05, 4.69) is 29.5 Å². The molecule has 114 valence electrons. The van der Waals surface area contributed by atoms with Crippen LogP contribution in [0.5, 0.6) is 5.75 Å². The minimum Gasteiger partial charge on any atom is -0.492 e.